The molecule has 0 unspecified atom stereocenters. The number of rotatable bonds is 5. The van der Waals surface area contributed by atoms with Gasteiger partial charge in [-0.05, 0) is 31.5 Å². The largest absolute Gasteiger partial charge is 0.485 e. The van der Waals surface area contributed by atoms with E-state index in [1.54, 1.807) is 13.0 Å². The quantitative estimate of drug-likeness (QED) is 0.406. The highest BCUT2D eigenvalue weighted by atomic mass is 16.6. The summed E-state index contributed by atoms with van der Waals surface area (Å²) in [6.45, 7) is 3.86. The van der Waals surface area contributed by atoms with Crippen molar-refractivity contribution in [1.82, 2.24) is 9.38 Å². The number of nitro groups is 1. The van der Waals surface area contributed by atoms with Gasteiger partial charge in [-0.1, -0.05) is 12.1 Å². The molecule has 0 atom stereocenters. The van der Waals surface area contributed by atoms with Gasteiger partial charge in [0.1, 0.15) is 6.61 Å². The van der Waals surface area contributed by atoms with Crippen LogP contribution >= 0.6 is 0 Å². The first-order valence-corrected chi connectivity index (χ1v) is 7.78. The van der Waals surface area contributed by atoms with Crippen molar-refractivity contribution in [1.29, 1.82) is 0 Å². The number of ether oxygens (including phenoxy) is 1. The van der Waals surface area contributed by atoms with Crippen molar-refractivity contribution < 1.29 is 9.66 Å². The number of nitro benzene ring substituents is 1. The van der Waals surface area contributed by atoms with Crippen LogP contribution < -0.4 is 4.74 Å². The fourth-order valence-corrected chi connectivity index (χ4v) is 2.81. The van der Waals surface area contributed by atoms with E-state index in [-0.39, 0.29) is 17.2 Å². The summed E-state index contributed by atoms with van der Waals surface area (Å²) in [5.74, 6) is 3.25. The van der Waals surface area contributed by atoms with Gasteiger partial charge < -0.3 is 4.74 Å². The van der Waals surface area contributed by atoms with Crippen molar-refractivity contribution >= 4 is 11.3 Å². The molecule has 0 amide bonds. The number of hydrogen-bond donors (Lipinski definition) is 0. The van der Waals surface area contributed by atoms with Crippen LogP contribution in [0.3, 0.4) is 0 Å². The summed E-state index contributed by atoms with van der Waals surface area (Å²) in [7, 11) is 0. The van der Waals surface area contributed by atoms with Crippen molar-refractivity contribution in [2.45, 2.75) is 26.9 Å². The molecule has 0 N–H and O–H groups in total. The topological polar surface area (TPSA) is 69.7 Å². The molecule has 1 aromatic carbocycles. The summed E-state index contributed by atoms with van der Waals surface area (Å²) >= 11 is 0. The van der Waals surface area contributed by atoms with Crippen LogP contribution in [0.15, 0.2) is 36.5 Å². The molecular formula is C19H17N3O3. The average molecular weight is 335 g/mol. The van der Waals surface area contributed by atoms with Gasteiger partial charge in [0.15, 0.2) is 11.4 Å². The first kappa shape index (κ1) is 16.5. The number of benzene rings is 1. The molecule has 25 heavy (non-hydrogen) atoms. The third-order valence-corrected chi connectivity index (χ3v) is 4.18. The summed E-state index contributed by atoms with van der Waals surface area (Å²) in [6, 6.07) is 8.67. The van der Waals surface area contributed by atoms with E-state index in [1.165, 1.54) is 6.07 Å². The number of fused-ring (bicyclic) bond motifs is 1. The molecule has 0 aliphatic carbocycles. The van der Waals surface area contributed by atoms with Gasteiger partial charge in [-0.15, -0.1) is 12.3 Å². The maximum atomic E-state index is 11.1. The minimum Gasteiger partial charge on any atom is -0.485 e. The van der Waals surface area contributed by atoms with E-state index in [4.69, 9.17) is 11.2 Å². The van der Waals surface area contributed by atoms with E-state index in [0.717, 1.165) is 17.0 Å². The zero-order valence-corrected chi connectivity index (χ0v) is 14.0. The van der Waals surface area contributed by atoms with Gasteiger partial charge in [0.2, 0.25) is 0 Å². The highest BCUT2D eigenvalue weighted by molar-refractivity contribution is 5.56. The van der Waals surface area contributed by atoms with Crippen LogP contribution in [0.25, 0.3) is 5.65 Å². The van der Waals surface area contributed by atoms with Gasteiger partial charge in [-0.3, -0.25) is 14.5 Å². The SMILES string of the molecule is C#CCc1c(C)nc2c(OCc3cccc([N+](=O)[O-])c3C)cccn12. The Balaban J connectivity index is 1.93. The van der Waals surface area contributed by atoms with Gasteiger partial charge >= 0.3 is 0 Å². The molecule has 0 saturated heterocycles. The predicted molar refractivity (Wildman–Crippen MR) is 94.6 cm³/mol. The van der Waals surface area contributed by atoms with Crippen molar-refractivity contribution in [2.75, 3.05) is 0 Å². The Labute approximate surface area is 145 Å². The third kappa shape index (κ3) is 3.04. The van der Waals surface area contributed by atoms with E-state index in [0.29, 0.717) is 23.4 Å². The fraction of sp³-hybridized carbons (Fsp3) is 0.211. The van der Waals surface area contributed by atoms with Gasteiger partial charge in [0.05, 0.1) is 22.7 Å². The number of aromatic nitrogens is 2. The standard InChI is InChI=1S/C19H17N3O3/c1-4-7-17-14(3)20-19-18(10-6-11-21(17)19)25-12-15-8-5-9-16(13(15)2)22(23)24/h1,5-6,8-11H,7,12H2,2-3H3. The minimum absolute atomic E-state index is 0.0901. The third-order valence-electron chi connectivity index (χ3n) is 4.18. The maximum Gasteiger partial charge on any atom is 0.272 e. The maximum absolute atomic E-state index is 11.1. The van der Waals surface area contributed by atoms with Gasteiger partial charge in [0.25, 0.3) is 5.69 Å². The summed E-state index contributed by atoms with van der Waals surface area (Å²) < 4.78 is 7.83. The fourth-order valence-electron chi connectivity index (χ4n) is 2.81. The average Bonchev–Trinajstić information content (AvgIpc) is 2.90. The summed E-state index contributed by atoms with van der Waals surface area (Å²) in [5, 5.41) is 11.1. The summed E-state index contributed by atoms with van der Waals surface area (Å²) in [4.78, 5) is 15.2. The van der Waals surface area contributed by atoms with E-state index in [9.17, 15) is 10.1 Å². The Morgan fingerprint density at radius 1 is 1.32 bits per heavy atom. The Hall–Kier alpha value is -3.33. The molecular weight excluding hydrogens is 318 g/mol. The van der Waals surface area contributed by atoms with E-state index in [2.05, 4.69) is 10.9 Å². The van der Waals surface area contributed by atoms with Gasteiger partial charge in [-0.2, -0.15) is 0 Å². The van der Waals surface area contributed by atoms with Crippen LogP contribution in [0.2, 0.25) is 0 Å². The second-order valence-electron chi connectivity index (χ2n) is 5.70. The predicted octanol–water partition coefficient (Wildman–Crippen LogP) is 3.61. The van der Waals surface area contributed by atoms with Crippen molar-refractivity contribution in [3.05, 3.63) is 69.2 Å². The second-order valence-corrected chi connectivity index (χ2v) is 5.70. The van der Waals surface area contributed by atoms with Crippen LogP contribution in [0.4, 0.5) is 5.69 Å². The lowest BCUT2D eigenvalue weighted by atomic mass is 10.1. The number of aryl methyl sites for hydroxylation is 1. The molecule has 0 aliphatic heterocycles. The number of imidazole rings is 1. The first-order chi connectivity index (χ1) is 12.0. The lowest BCUT2D eigenvalue weighted by Crippen LogP contribution is -2.02. The molecule has 0 saturated carbocycles. The molecule has 2 aromatic heterocycles. The molecule has 126 valence electrons. The molecule has 6 nitrogen and oxygen atoms in total. The molecule has 3 rings (SSSR count). The van der Waals surface area contributed by atoms with Gasteiger partial charge in [-0.25, -0.2) is 4.98 Å². The highest BCUT2D eigenvalue weighted by Gasteiger charge is 2.15. The molecule has 0 radical (unpaired) electrons. The molecule has 0 spiro atoms. The van der Waals surface area contributed by atoms with E-state index < -0.39 is 0 Å². The lowest BCUT2D eigenvalue weighted by molar-refractivity contribution is -0.385. The number of pyridine rings is 1. The number of nitrogens with zero attached hydrogens (tertiary/aromatic N) is 3. The normalized spacial score (nSPS) is 10.6. The Morgan fingerprint density at radius 2 is 2.12 bits per heavy atom. The van der Waals surface area contributed by atoms with Crippen molar-refractivity contribution in [2.24, 2.45) is 0 Å². The zero-order chi connectivity index (χ0) is 18.0. The number of hydrogen-bond acceptors (Lipinski definition) is 4. The minimum atomic E-state index is -0.385. The van der Waals surface area contributed by atoms with Crippen molar-refractivity contribution in [3.63, 3.8) is 0 Å². The van der Waals surface area contributed by atoms with Crippen LogP contribution in [0.1, 0.15) is 22.5 Å². The van der Waals surface area contributed by atoms with E-state index >= 15 is 0 Å². The van der Waals surface area contributed by atoms with Crippen LogP contribution in [0.5, 0.6) is 5.75 Å². The molecule has 6 heteroatoms. The molecule has 3 aromatic rings. The molecule has 0 aliphatic rings. The van der Waals surface area contributed by atoms with Crippen LogP contribution in [-0.2, 0) is 13.0 Å². The first-order valence-electron chi connectivity index (χ1n) is 7.78. The summed E-state index contributed by atoms with van der Waals surface area (Å²) in [6.07, 6.45) is 7.81. The van der Waals surface area contributed by atoms with Gasteiger partial charge in [0, 0.05) is 17.8 Å². The summed E-state index contributed by atoms with van der Waals surface area (Å²) in [5.41, 5.74) is 3.96. The zero-order valence-electron chi connectivity index (χ0n) is 14.0. The molecule has 0 fully saturated rings. The Morgan fingerprint density at radius 3 is 2.84 bits per heavy atom. The monoisotopic (exact) mass is 335 g/mol. The molecule has 0 bridgehead atoms. The smallest absolute Gasteiger partial charge is 0.272 e. The second kappa shape index (κ2) is 6.65. The lowest BCUT2D eigenvalue weighted by Gasteiger charge is -2.10. The number of terminal acetylenes is 1. The van der Waals surface area contributed by atoms with Crippen LogP contribution in [-0.4, -0.2) is 14.3 Å². The van der Waals surface area contributed by atoms with E-state index in [1.807, 2.05) is 35.7 Å². The Kier molecular flexibility index (Phi) is 4.40. The molecule has 2 heterocycles. The van der Waals surface area contributed by atoms with Crippen molar-refractivity contribution in [3.8, 4) is 18.1 Å². The highest BCUT2D eigenvalue weighted by Crippen LogP contribution is 2.25. The Bertz CT molecular complexity index is 999. The van der Waals surface area contributed by atoms with Crippen LogP contribution in [0, 0.1) is 36.3 Å².